The highest BCUT2D eigenvalue weighted by molar-refractivity contribution is 7.15. The number of aryl methyl sites for hydroxylation is 1. The van der Waals surface area contributed by atoms with E-state index in [0.717, 1.165) is 11.3 Å². The van der Waals surface area contributed by atoms with Crippen molar-refractivity contribution in [1.82, 2.24) is 0 Å². The van der Waals surface area contributed by atoms with Crippen LogP contribution in [0, 0.1) is 5.82 Å². The maximum Gasteiger partial charge on any atom is 0.339 e. The van der Waals surface area contributed by atoms with Crippen molar-refractivity contribution in [1.29, 1.82) is 0 Å². The number of rotatable bonds is 6. The summed E-state index contributed by atoms with van der Waals surface area (Å²) in [5, 5.41) is 14.8. The van der Waals surface area contributed by atoms with Crippen LogP contribution in [0.2, 0.25) is 5.02 Å². The maximum absolute atomic E-state index is 13.2. The van der Waals surface area contributed by atoms with Crippen molar-refractivity contribution in [2.24, 2.45) is 0 Å². The van der Waals surface area contributed by atoms with Gasteiger partial charge in [-0.3, -0.25) is 4.79 Å². The van der Waals surface area contributed by atoms with Crippen LogP contribution < -0.4 is 5.32 Å². The van der Waals surface area contributed by atoms with Gasteiger partial charge in [0.25, 0.3) is 0 Å². The molecule has 0 fully saturated rings. The molecule has 0 atom stereocenters. The molecule has 4 nitrogen and oxygen atoms in total. The number of anilines is 1. The van der Waals surface area contributed by atoms with Gasteiger partial charge in [-0.1, -0.05) is 35.9 Å². The zero-order valence-corrected chi connectivity index (χ0v) is 15.6. The smallest absolute Gasteiger partial charge is 0.339 e. The molecule has 3 rings (SSSR count). The molecule has 2 aromatic carbocycles. The Morgan fingerprint density at radius 1 is 1.15 bits per heavy atom. The van der Waals surface area contributed by atoms with Gasteiger partial charge >= 0.3 is 5.97 Å². The number of benzene rings is 2. The molecule has 7 heteroatoms. The minimum absolute atomic E-state index is 0.0430. The summed E-state index contributed by atoms with van der Waals surface area (Å²) < 4.78 is 13.2. The third kappa shape index (κ3) is 4.72. The second kappa shape index (κ2) is 8.33. The Hall–Kier alpha value is -2.70. The van der Waals surface area contributed by atoms with Gasteiger partial charge in [-0.05, 0) is 41.8 Å². The SMILES string of the molecule is O=C(CCc1cccc(F)c1)Nc1scc(-c2ccc(Cl)cc2)c1C(=O)O. The molecule has 1 heterocycles. The largest absolute Gasteiger partial charge is 0.478 e. The predicted molar refractivity (Wildman–Crippen MR) is 105 cm³/mol. The second-order valence-electron chi connectivity index (χ2n) is 5.84. The van der Waals surface area contributed by atoms with Gasteiger partial charge in [-0.25, -0.2) is 9.18 Å². The zero-order chi connectivity index (χ0) is 19.4. The second-order valence-corrected chi connectivity index (χ2v) is 7.16. The first-order valence-corrected chi connectivity index (χ1v) is 9.35. The van der Waals surface area contributed by atoms with Crippen LogP contribution in [0.25, 0.3) is 11.1 Å². The number of carbonyl (C=O) groups is 2. The van der Waals surface area contributed by atoms with Gasteiger partial charge in [0.2, 0.25) is 5.91 Å². The summed E-state index contributed by atoms with van der Waals surface area (Å²) in [6.45, 7) is 0. The number of amides is 1. The zero-order valence-electron chi connectivity index (χ0n) is 14.0. The fourth-order valence-electron chi connectivity index (χ4n) is 2.64. The lowest BCUT2D eigenvalue weighted by molar-refractivity contribution is -0.116. The molecule has 0 aliphatic heterocycles. The predicted octanol–water partition coefficient (Wildman–Crippen LogP) is 5.48. The van der Waals surface area contributed by atoms with Gasteiger partial charge in [0.1, 0.15) is 16.4 Å². The summed E-state index contributed by atoms with van der Waals surface area (Å²) >= 11 is 7.03. The highest BCUT2D eigenvalue weighted by atomic mass is 35.5. The van der Waals surface area contributed by atoms with Crippen molar-refractivity contribution < 1.29 is 19.1 Å². The molecule has 1 amide bonds. The number of hydrogen-bond donors (Lipinski definition) is 2. The number of hydrogen-bond acceptors (Lipinski definition) is 3. The monoisotopic (exact) mass is 403 g/mol. The quantitative estimate of drug-likeness (QED) is 0.573. The van der Waals surface area contributed by atoms with E-state index in [1.807, 2.05) is 0 Å². The lowest BCUT2D eigenvalue weighted by atomic mass is 10.0. The minimum Gasteiger partial charge on any atom is -0.478 e. The molecule has 0 saturated carbocycles. The van der Waals surface area contributed by atoms with E-state index in [9.17, 15) is 19.1 Å². The Labute approximate surface area is 164 Å². The van der Waals surface area contributed by atoms with Gasteiger partial charge in [0.05, 0.1) is 0 Å². The molecule has 0 aliphatic rings. The standard InChI is InChI=1S/C20H15ClFNO3S/c21-14-7-5-13(6-8-14)16-11-27-19(18(16)20(25)26)23-17(24)9-4-12-2-1-3-15(22)10-12/h1-3,5-8,10-11H,4,9H2,(H,23,24)(H,25,26). The molecule has 0 radical (unpaired) electrons. The van der Waals surface area contributed by atoms with Crippen molar-refractivity contribution >= 4 is 39.8 Å². The Morgan fingerprint density at radius 2 is 1.89 bits per heavy atom. The van der Waals surface area contributed by atoms with Crippen molar-refractivity contribution in [2.45, 2.75) is 12.8 Å². The average molecular weight is 404 g/mol. The first kappa shape index (κ1) is 19.1. The van der Waals surface area contributed by atoms with Gasteiger partial charge in [-0.15, -0.1) is 11.3 Å². The Kier molecular flexibility index (Phi) is 5.88. The van der Waals surface area contributed by atoms with Crippen LogP contribution in [-0.4, -0.2) is 17.0 Å². The molecule has 27 heavy (non-hydrogen) atoms. The molecule has 3 aromatic rings. The minimum atomic E-state index is -1.12. The number of halogens is 2. The molecule has 0 unspecified atom stereocenters. The third-order valence-electron chi connectivity index (χ3n) is 3.94. The first-order chi connectivity index (χ1) is 12.9. The fourth-order valence-corrected chi connectivity index (χ4v) is 3.75. The number of thiophene rings is 1. The number of aromatic carboxylic acids is 1. The fraction of sp³-hybridized carbons (Fsp3) is 0.100. The van der Waals surface area contributed by atoms with E-state index in [2.05, 4.69) is 5.32 Å². The summed E-state index contributed by atoms with van der Waals surface area (Å²) in [5.41, 5.74) is 1.97. The summed E-state index contributed by atoms with van der Waals surface area (Å²) in [6.07, 6.45) is 0.484. The summed E-state index contributed by atoms with van der Waals surface area (Å²) in [6, 6.07) is 12.9. The van der Waals surface area contributed by atoms with Crippen LogP contribution in [0.1, 0.15) is 22.3 Å². The molecule has 138 valence electrons. The van der Waals surface area contributed by atoms with E-state index in [-0.39, 0.29) is 28.7 Å². The molecular formula is C20H15ClFNO3S. The molecule has 0 spiro atoms. The lowest BCUT2D eigenvalue weighted by Gasteiger charge is -2.06. The van der Waals surface area contributed by atoms with Crippen LogP contribution in [-0.2, 0) is 11.2 Å². The highest BCUT2D eigenvalue weighted by Gasteiger charge is 2.21. The summed E-state index contributed by atoms with van der Waals surface area (Å²) in [4.78, 5) is 24.0. The van der Waals surface area contributed by atoms with Crippen molar-refractivity contribution in [3.63, 3.8) is 0 Å². The molecule has 2 N–H and O–H groups in total. The summed E-state index contributed by atoms with van der Waals surface area (Å²) in [7, 11) is 0. The van der Waals surface area contributed by atoms with Crippen molar-refractivity contribution in [2.75, 3.05) is 5.32 Å². The van der Waals surface area contributed by atoms with Gasteiger partial charge in [0, 0.05) is 22.4 Å². The van der Waals surface area contributed by atoms with Crippen LogP contribution in [0.5, 0.6) is 0 Å². The Balaban J connectivity index is 1.75. The number of carboxylic acids is 1. The van der Waals surface area contributed by atoms with E-state index in [1.54, 1.807) is 41.8 Å². The molecule has 0 bridgehead atoms. The first-order valence-electron chi connectivity index (χ1n) is 8.09. The van der Waals surface area contributed by atoms with E-state index in [4.69, 9.17) is 11.6 Å². The van der Waals surface area contributed by atoms with Crippen molar-refractivity contribution in [3.05, 3.63) is 75.9 Å². The number of carboxylic acid groups (broad SMARTS) is 1. The van der Waals surface area contributed by atoms with Crippen molar-refractivity contribution in [3.8, 4) is 11.1 Å². The summed E-state index contributed by atoms with van der Waals surface area (Å²) in [5.74, 6) is -1.81. The molecule has 0 saturated heterocycles. The van der Waals surface area contributed by atoms with Gasteiger partial charge < -0.3 is 10.4 Å². The topological polar surface area (TPSA) is 66.4 Å². The Bertz CT molecular complexity index is 985. The van der Waals surface area contributed by atoms with E-state index >= 15 is 0 Å². The Morgan fingerprint density at radius 3 is 2.56 bits per heavy atom. The molecule has 0 aliphatic carbocycles. The van der Waals surface area contributed by atoms with E-state index in [1.165, 1.54) is 12.1 Å². The normalized spacial score (nSPS) is 10.6. The van der Waals surface area contributed by atoms with Crippen LogP contribution >= 0.6 is 22.9 Å². The third-order valence-corrected chi connectivity index (χ3v) is 5.09. The number of carbonyl (C=O) groups excluding carboxylic acids is 1. The van der Waals surface area contributed by atoms with Crippen LogP contribution in [0.4, 0.5) is 9.39 Å². The maximum atomic E-state index is 13.2. The van der Waals surface area contributed by atoms with Crippen LogP contribution in [0.3, 0.4) is 0 Å². The highest BCUT2D eigenvalue weighted by Crippen LogP contribution is 2.36. The van der Waals surface area contributed by atoms with Gasteiger partial charge in [-0.2, -0.15) is 0 Å². The van der Waals surface area contributed by atoms with E-state index < -0.39 is 5.97 Å². The van der Waals surface area contributed by atoms with E-state index in [0.29, 0.717) is 28.1 Å². The molecular weight excluding hydrogens is 389 g/mol. The molecule has 1 aromatic heterocycles. The lowest BCUT2D eigenvalue weighted by Crippen LogP contribution is -2.14. The van der Waals surface area contributed by atoms with Crippen LogP contribution in [0.15, 0.2) is 53.9 Å². The van der Waals surface area contributed by atoms with Gasteiger partial charge in [0.15, 0.2) is 0 Å². The number of nitrogens with one attached hydrogen (secondary N) is 1. The average Bonchev–Trinajstić information content (AvgIpc) is 3.04.